The molecule has 6 bridgehead atoms. The largest absolute Gasteiger partial charge is 0.504 e. The number of carbonyl (C=O) groups is 5. The second kappa shape index (κ2) is 14.2. The van der Waals surface area contributed by atoms with Crippen LogP contribution in [-0.2, 0) is 23.7 Å². The summed E-state index contributed by atoms with van der Waals surface area (Å²) in [5, 5.41) is 177. The first kappa shape index (κ1) is 42.7. The number of carbonyl (C=O) groups excluding carboxylic acids is 5. The summed E-state index contributed by atoms with van der Waals surface area (Å²) in [6, 6.07) is 1.07. The molecule has 26 nitrogen and oxygen atoms in total. The van der Waals surface area contributed by atoms with Crippen LogP contribution in [0.25, 0.3) is 33.4 Å². The Labute approximate surface area is 367 Å². The molecule has 5 atom stereocenters. The van der Waals surface area contributed by atoms with Crippen LogP contribution < -0.4 is 0 Å². The van der Waals surface area contributed by atoms with E-state index in [0.29, 0.717) is 18.2 Å². The zero-order chi connectivity index (χ0) is 48.7. The van der Waals surface area contributed by atoms with Gasteiger partial charge >= 0.3 is 29.8 Å². The Morgan fingerprint density at radius 2 is 0.701 bits per heavy atom. The van der Waals surface area contributed by atoms with Crippen molar-refractivity contribution in [2.24, 2.45) is 0 Å². The minimum absolute atomic E-state index is 0.323. The molecule has 0 aliphatic carbocycles. The minimum atomic E-state index is -2.79. The predicted octanol–water partition coefficient (Wildman–Crippen LogP) is 1.32. The van der Waals surface area contributed by atoms with Gasteiger partial charge in [0, 0.05) is 38.9 Å². The highest BCUT2D eigenvalue weighted by Crippen LogP contribution is 2.62. The number of ether oxygens (including phenoxy) is 5. The molecule has 67 heavy (non-hydrogen) atoms. The summed E-state index contributed by atoms with van der Waals surface area (Å²) in [6.07, 6.45) is -13.4. The number of aliphatic hydroxyl groups excluding tert-OH is 1. The summed E-state index contributed by atoms with van der Waals surface area (Å²) in [5.74, 6) is -32.1. The third-order valence-electron chi connectivity index (χ3n) is 11.4. The van der Waals surface area contributed by atoms with Crippen molar-refractivity contribution in [2.75, 3.05) is 6.61 Å². The van der Waals surface area contributed by atoms with Crippen molar-refractivity contribution < 1.29 is 129 Å². The predicted molar refractivity (Wildman–Crippen MR) is 206 cm³/mol. The van der Waals surface area contributed by atoms with E-state index in [0.717, 1.165) is 0 Å². The molecule has 5 heterocycles. The lowest BCUT2D eigenvalue weighted by molar-refractivity contribution is -0.154. The highest BCUT2D eigenvalue weighted by Gasteiger charge is 2.55. The first-order valence-corrected chi connectivity index (χ1v) is 18.6. The van der Waals surface area contributed by atoms with Crippen molar-refractivity contribution in [1.29, 1.82) is 0 Å². The first-order chi connectivity index (χ1) is 31.5. The third-order valence-corrected chi connectivity index (χ3v) is 11.4. The molecule has 10 rings (SSSR count). The standard InChI is InChI=1S/C41H26O26/c42-8-1-5-12(24(48)21(8)45)13-6(2-9(43)22(46)25(13)49)39(60)65-34-11(4-63-37(5)58)64-38(59)7-3-10(44)23(47)26(50)14(7)15-18-16(28(52)32(56)27(15)51)17-19-20(30(54)33(57)29(17)53)31(55)35(66-41(19)62)36(34)67-40(18)61/h1-3,11,31,34-36,42-57H,4H2/t11-,31+,34+,35-,36-/m1/s1. The summed E-state index contributed by atoms with van der Waals surface area (Å²) in [5.41, 5.74) is -14.9. The molecule has 346 valence electrons. The van der Waals surface area contributed by atoms with Crippen LogP contribution in [0.5, 0.6) is 86.2 Å². The molecule has 5 aliphatic heterocycles. The van der Waals surface area contributed by atoms with E-state index in [4.69, 9.17) is 23.7 Å². The number of phenolic OH excluding ortho intramolecular Hbond substituents is 15. The molecule has 0 aromatic heterocycles. The Kier molecular flexibility index (Phi) is 9.05. The van der Waals surface area contributed by atoms with E-state index in [9.17, 15) is 106 Å². The van der Waals surface area contributed by atoms with Gasteiger partial charge in [0.1, 0.15) is 12.7 Å². The SMILES string of the molecule is O=C1OC[C@H]2OC(=O)c3cc(O)c(O)c(O)c3-c3c(O)c(O)c(O)c4c3C(=O)O[C@H]([C@H]2OC(=O)c2cc(O)c(O)c(O)c2-c2c1cc(O)c(O)c2O)[C@@H]1OC(=O)c2c-4c(O)c(O)c(O)c2[C@@H]1O. The Hall–Kier alpha value is -9.59. The molecule has 5 aromatic rings. The number of rotatable bonds is 0. The molecule has 5 aromatic carbocycles. The summed E-state index contributed by atoms with van der Waals surface area (Å²) in [7, 11) is 0. The topological polar surface area (TPSA) is 455 Å². The quantitative estimate of drug-likeness (QED) is 0.0591. The van der Waals surface area contributed by atoms with Gasteiger partial charge in [0.2, 0.25) is 28.7 Å². The number of hydrogen-bond donors (Lipinski definition) is 16. The molecule has 0 radical (unpaired) electrons. The van der Waals surface area contributed by atoms with Crippen molar-refractivity contribution in [3.63, 3.8) is 0 Å². The normalized spacial score (nSPS) is 20.6. The maximum Gasteiger partial charge on any atom is 0.340 e. The van der Waals surface area contributed by atoms with Crippen LogP contribution in [0.2, 0.25) is 0 Å². The maximum atomic E-state index is 15.0. The number of benzene rings is 5. The van der Waals surface area contributed by atoms with Gasteiger partial charge in [-0.05, 0) is 18.2 Å². The Morgan fingerprint density at radius 1 is 0.343 bits per heavy atom. The second-order valence-electron chi connectivity index (χ2n) is 15.0. The number of esters is 5. The van der Waals surface area contributed by atoms with Crippen LogP contribution in [0.3, 0.4) is 0 Å². The lowest BCUT2D eigenvalue weighted by Gasteiger charge is -2.40. The van der Waals surface area contributed by atoms with Gasteiger partial charge in [-0.15, -0.1) is 0 Å². The number of aromatic hydroxyl groups is 15. The van der Waals surface area contributed by atoms with Gasteiger partial charge in [-0.2, -0.15) is 0 Å². The van der Waals surface area contributed by atoms with E-state index >= 15 is 0 Å². The maximum absolute atomic E-state index is 15.0. The van der Waals surface area contributed by atoms with Gasteiger partial charge in [0.15, 0.2) is 81.9 Å². The zero-order valence-corrected chi connectivity index (χ0v) is 32.6. The molecule has 26 heteroatoms. The van der Waals surface area contributed by atoms with Gasteiger partial charge in [0.05, 0.1) is 27.8 Å². The highest BCUT2D eigenvalue weighted by molar-refractivity contribution is 6.16. The van der Waals surface area contributed by atoms with Crippen LogP contribution in [0.1, 0.15) is 63.5 Å². The van der Waals surface area contributed by atoms with Crippen molar-refractivity contribution >= 4 is 29.8 Å². The van der Waals surface area contributed by atoms with E-state index < -0.39 is 220 Å². The average molecular weight is 935 g/mol. The lowest BCUT2D eigenvalue weighted by atomic mass is 9.80. The smallest absolute Gasteiger partial charge is 0.340 e. The summed E-state index contributed by atoms with van der Waals surface area (Å²) in [4.78, 5) is 72.4. The average Bonchev–Trinajstić information content (AvgIpc) is 3.30. The van der Waals surface area contributed by atoms with Gasteiger partial charge in [0.25, 0.3) is 0 Å². The number of cyclic esters (lactones) is 1. The van der Waals surface area contributed by atoms with Crippen molar-refractivity contribution in [3.8, 4) is 120 Å². The monoisotopic (exact) mass is 934 g/mol. The number of fused-ring (bicyclic) bond motifs is 7. The summed E-state index contributed by atoms with van der Waals surface area (Å²) in [6.45, 7) is -1.51. The van der Waals surface area contributed by atoms with Crippen molar-refractivity contribution in [1.82, 2.24) is 0 Å². The minimum Gasteiger partial charge on any atom is -0.504 e. The van der Waals surface area contributed by atoms with Gasteiger partial charge in [-0.25, -0.2) is 24.0 Å². The number of aliphatic hydroxyl groups is 1. The van der Waals surface area contributed by atoms with E-state index in [-0.39, 0.29) is 0 Å². The molecular formula is C41H26O26. The molecule has 16 N–H and O–H groups in total. The molecule has 5 aliphatic rings. The van der Waals surface area contributed by atoms with E-state index in [1.165, 1.54) is 0 Å². The van der Waals surface area contributed by atoms with Crippen LogP contribution in [0.15, 0.2) is 18.2 Å². The van der Waals surface area contributed by atoms with Gasteiger partial charge < -0.3 is 105 Å². The molecule has 0 amide bonds. The number of phenols is 15. The van der Waals surface area contributed by atoms with Crippen LogP contribution in [0.4, 0.5) is 0 Å². The fraction of sp³-hybridized carbons (Fsp3) is 0.146. The molecule has 0 unspecified atom stereocenters. The van der Waals surface area contributed by atoms with Crippen LogP contribution in [-0.4, -0.2) is 143 Å². The van der Waals surface area contributed by atoms with E-state index in [2.05, 4.69) is 0 Å². The summed E-state index contributed by atoms with van der Waals surface area (Å²) >= 11 is 0. The van der Waals surface area contributed by atoms with E-state index in [1.54, 1.807) is 0 Å². The molecule has 0 saturated carbocycles. The Morgan fingerprint density at radius 3 is 1.21 bits per heavy atom. The first-order valence-electron chi connectivity index (χ1n) is 18.6. The highest BCUT2D eigenvalue weighted by atomic mass is 16.6. The van der Waals surface area contributed by atoms with Crippen molar-refractivity contribution in [3.05, 3.63) is 51.6 Å². The summed E-state index contributed by atoms with van der Waals surface area (Å²) < 4.78 is 27.8. The molecule has 0 saturated heterocycles. The fourth-order valence-electron chi connectivity index (χ4n) is 8.39. The Bertz CT molecular complexity index is 3190. The molecular weight excluding hydrogens is 908 g/mol. The van der Waals surface area contributed by atoms with Crippen LogP contribution in [0, 0.1) is 0 Å². The molecule has 0 fully saturated rings. The van der Waals surface area contributed by atoms with E-state index in [1.807, 2.05) is 0 Å². The number of hydrogen-bond acceptors (Lipinski definition) is 26. The molecule has 0 spiro atoms. The van der Waals surface area contributed by atoms with Crippen LogP contribution >= 0.6 is 0 Å². The van der Waals surface area contributed by atoms with Crippen molar-refractivity contribution in [2.45, 2.75) is 30.5 Å². The fourth-order valence-corrected chi connectivity index (χ4v) is 8.39. The third kappa shape index (κ3) is 5.68. The zero-order valence-electron chi connectivity index (χ0n) is 32.6. The van der Waals surface area contributed by atoms with Gasteiger partial charge in [-0.1, -0.05) is 0 Å². The second-order valence-corrected chi connectivity index (χ2v) is 15.0. The van der Waals surface area contributed by atoms with Gasteiger partial charge in [-0.3, -0.25) is 0 Å². The lowest BCUT2D eigenvalue weighted by Crippen LogP contribution is -2.56. The Balaban J connectivity index is 1.44.